The molecular formula is C18H18ClNO2. The van der Waals surface area contributed by atoms with Crippen molar-refractivity contribution >= 4 is 23.2 Å². The van der Waals surface area contributed by atoms with Crippen LogP contribution in [-0.4, -0.2) is 12.5 Å². The van der Waals surface area contributed by atoms with E-state index in [0.717, 1.165) is 29.0 Å². The number of halogens is 1. The van der Waals surface area contributed by atoms with Crippen LogP contribution in [0.5, 0.6) is 5.75 Å². The molecule has 3 rings (SSSR count). The summed E-state index contributed by atoms with van der Waals surface area (Å²) in [4.78, 5) is 12.3. The zero-order valence-corrected chi connectivity index (χ0v) is 13.2. The molecule has 114 valence electrons. The van der Waals surface area contributed by atoms with Crippen LogP contribution >= 0.6 is 11.6 Å². The van der Waals surface area contributed by atoms with E-state index in [1.807, 2.05) is 36.4 Å². The number of carbonyl (C=O) groups is 1. The highest BCUT2D eigenvalue weighted by Gasteiger charge is 2.31. The van der Waals surface area contributed by atoms with E-state index in [2.05, 4.69) is 12.2 Å². The Hall–Kier alpha value is -2.00. The molecule has 22 heavy (non-hydrogen) atoms. The maximum atomic E-state index is 12.3. The molecule has 1 unspecified atom stereocenters. The summed E-state index contributed by atoms with van der Waals surface area (Å²) in [5.41, 5.74) is 2.86. The lowest BCUT2D eigenvalue weighted by molar-refractivity contribution is -0.117. The van der Waals surface area contributed by atoms with Gasteiger partial charge in [-0.3, -0.25) is 4.79 Å². The van der Waals surface area contributed by atoms with E-state index in [4.69, 9.17) is 16.3 Å². The quantitative estimate of drug-likeness (QED) is 0.887. The molecule has 1 amide bonds. The van der Waals surface area contributed by atoms with Crippen molar-refractivity contribution in [2.45, 2.75) is 25.7 Å². The molecule has 1 atom stereocenters. The molecule has 2 aromatic carbocycles. The molecule has 0 fully saturated rings. The molecule has 1 N–H and O–H groups in total. The summed E-state index contributed by atoms with van der Waals surface area (Å²) in [6, 6.07) is 13.4. The van der Waals surface area contributed by atoms with Crippen molar-refractivity contribution in [2.24, 2.45) is 0 Å². The van der Waals surface area contributed by atoms with Crippen molar-refractivity contribution < 1.29 is 9.53 Å². The molecule has 4 heteroatoms. The van der Waals surface area contributed by atoms with Gasteiger partial charge in [-0.1, -0.05) is 36.7 Å². The standard InChI is InChI=1S/C18H18ClNO2/c1-2-9-22-17-6-4-3-5-12(17)10-15-14-11-13(19)7-8-16(14)20-18(15)21/h3-8,11,15H,2,9-10H2,1H3,(H,20,21). The minimum Gasteiger partial charge on any atom is -0.493 e. The Kier molecular flexibility index (Phi) is 4.34. The Balaban J connectivity index is 1.88. The fraction of sp³-hybridized carbons (Fsp3) is 0.278. The first kappa shape index (κ1) is 14.9. The monoisotopic (exact) mass is 315 g/mol. The number of rotatable bonds is 5. The van der Waals surface area contributed by atoms with E-state index >= 15 is 0 Å². The third kappa shape index (κ3) is 2.95. The summed E-state index contributed by atoms with van der Waals surface area (Å²) >= 11 is 6.08. The van der Waals surface area contributed by atoms with Gasteiger partial charge in [0.2, 0.25) is 5.91 Å². The number of fused-ring (bicyclic) bond motifs is 1. The van der Waals surface area contributed by atoms with Crippen LogP contribution < -0.4 is 10.1 Å². The predicted molar refractivity (Wildman–Crippen MR) is 88.8 cm³/mol. The summed E-state index contributed by atoms with van der Waals surface area (Å²) in [6.45, 7) is 2.75. The molecule has 0 saturated heterocycles. The molecule has 3 nitrogen and oxygen atoms in total. The van der Waals surface area contributed by atoms with Gasteiger partial charge in [-0.05, 0) is 48.2 Å². The highest BCUT2D eigenvalue weighted by atomic mass is 35.5. The molecule has 2 aromatic rings. The molecule has 0 bridgehead atoms. The molecule has 0 radical (unpaired) electrons. The lowest BCUT2D eigenvalue weighted by Gasteiger charge is -2.14. The van der Waals surface area contributed by atoms with Gasteiger partial charge >= 0.3 is 0 Å². The minimum absolute atomic E-state index is 0.0163. The molecule has 1 heterocycles. The second-order valence-corrected chi connectivity index (χ2v) is 5.87. The van der Waals surface area contributed by atoms with Gasteiger partial charge in [-0.15, -0.1) is 0 Å². The summed E-state index contributed by atoms with van der Waals surface area (Å²) in [5, 5.41) is 3.57. The van der Waals surface area contributed by atoms with Gasteiger partial charge in [0, 0.05) is 10.7 Å². The highest BCUT2D eigenvalue weighted by molar-refractivity contribution is 6.31. The average molecular weight is 316 g/mol. The number of hydrogen-bond donors (Lipinski definition) is 1. The van der Waals surface area contributed by atoms with Crippen LogP contribution in [0.1, 0.15) is 30.4 Å². The molecule has 1 aliphatic heterocycles. The van der Waals surface area contributed by atoms with Crippen molar-refractivity contribution in [1.29, 1.82) is 0 Å². The lowest BCUT2D eigenvalue weighted by Crippen LogP contribution is -2.15. The Labute approximate surface area is 135 Å². The lowest BCUT2D eigenvalue weighted by atomic mass is 9.93. The van der Waals surface area contributed by atoms with Crippen LogP contribution in [0.15, 0.2) is 42.5 Å². The van der Waals surface area contributed by atoms with E-state index in [9.17, 15) is 4.79 Å². The number of nitrogens with one attached hydrogen (secondary N) is 1. The average Bonchev–Trinajstić information content (AvgIpc) is 2.82. The summed E-state index contributed by atoms with van der Waals surface area (Å²) in [6.07, 6.45) is 1.57. The summed E-state index contributed by atoms with van der Waals surface area (Å²) < 4.78 is 5.79. The summed E-state index contributed by atoms with van der Waals surface area (Å²) in [7, 11) is 0. The normalized spacial score (nSPS) is 16.3. The topological polar surface area (TPSA) is 38.3 Å². The van der Waals surface area contributed by atoms with Crippen molar-refractivity contribution in [1.82, 2.24) is 0 Å². The smallest absolute Gasteiger partial charge is 0.232 e. The first-order valence-electron chi connectivity index (χ1n) is 7.50. The first-order chi connectivity index (χ1) is 10.7. The van der Waals surface area contributed by atoms with E-state index < -0.39 is 0 Å². The second kappa shape index (κ2) is 6.41. The van der Waals surface area contributed by atoms with Crippen molar-refractivity contribution in [3.05, 3.63) is 58.6 Å². The van der Waals surface area contributed by atoms with Gasteiger partial charge in [-0.2, -0.15) is 0 Å². The maximum Gasteiger partial charge on any atom is 0.232 e. The second-order valence-electron chi connectivity index (χ2n) is 5.43. The number of ether oxygens (including phenoxy) is 1. The van der Waals surface area contributed by atoms with E-state index in [1.54, 1.807) is 6.07 Å². The number of carbonyl (C=O) groups excluding carboxylic acids is 1. The minimum atomic E-state index is -0.222. The number of para-hydroxylation sites is 1. The van der Waals surface area contributed by atoms with Crippen LogP contribution in [0.4, 0.5) is 5.69 Å². The number of anilines is 1. The van der Waals surface area contributed by atoms with Crippen LogP contribution in [0.2, 0.25) is 5.02 Å². The molecule has 0 saturated carbocycles. The van der Waals surface area contributed by atoms with Gasteiger partial charge in [-0.25, -0.2) is 0 Å². The van der Waals surface area contributed by atoms with Crippen molar-refractivity contribution in [2.75, 3.05) is 11.9 Å². The largest absolute Gasteiger partial charge is 0.493 e. The fourth-order valence-electron chi connectivity index (χ4n) is 2.74. The van der Waals surface area contributed by atoms with Gasteiger partial charge in [0.05, 0.1) is 12.5 Å². The summed E-state index contributed by atoms with van der Waals surface area (Å²) in [5.74, 6) is 0.648. The van der Waals surface area contributed by atoms with Crippen LogP contribution in [0, 0.1) is 0 Å². The number of amides is 1. The van der Waals surface area contributed by atoms with E-state index in [-0.39, 0.29) is 11.8 Å². The van der Waals surface area contributed by atoms with E-state index in [1.165, 1.54) is 0 Å². The van der Waals surface area contributed by atoms with Gasteiger partial charge < -0.3 is 10.1 Å². The Morgan fingerprint density at radius 1 is 1.23 bits per heavy atom. The Morgan fingerprint density at radius 2 is 2.05 bits per heavy atom. The van der Waals surface area contributed by atoms with Gasteiger partial charge in [0.1, 0.15) is 5.75 Å². The molecule has 0 aliphatic carbocycles. The predicted octanol–water partition coefficient (Wildman–Crippen LogP) is 4.41. The highest BCUT2D eigenvalue weighted by Crippen LogP contribution is 2.37. The molecule has 0 aromatic heterocycles. The molecular weight excluding hydrogens is 298 g/mol. The fourth-order valence-corrected chi connectivity index (χ4v) is 2.93. The third-order valence-corrected chi connectivity index (χ3v) is 4.06. The van der Waals surface area contributed by atoms with E-state index in [0.29, 0.717) is 18.1 Å². The van der Waals surface area contributed by atoms with Crippen LogP contribution in [0.3, 0.4) is 0 Å². The molecule has 0 spiro atoms. The number of hydrogen-bond acceptors (Lipinski definition) is 2. The zero-order chi connectivity index (χ0) is 15.5. The number of benzene rings is 2. The van der Waals surface area contributed by atoms with Gasteiger partial charge in [0.25, 0.3) is 0 Å². The van der Waals surface area contributed by atoms with Crippen LogP contribution in [-0.2, 0) is 11.2 Å². The van der Waals surface area contributed by atoms with Crippen LogP contribution in [0.25, 0.3) is 0 Å². The van der Waals surface area contributed by atoms with Gasteiger partial charge in [0.15, 0.2) is 0 Å². The zero-order valence-electron chi connectivity index (χ0n) is 12.4. The third-order valence-electron chi connectivity index (χ3n) is 3.82. The SMILES string of the molecule is CCCOc1ccccc1CC1C(=O)Nc2ccc(Cl)cc21. The van der Waals surface area contributed by atoms with Crippen molar-refractivity contribution in [3.8, 4) is 5.75 Å². The Morgan fingerprint density at radius 3 is 2.86 bits per heavy atom. The Bertz CT molecular complexity index is 699. The molecule has 1 aliphatic rings. The maximum absolute atomic E-state index is 12.3. The van der Waals surface area contributed by atoms with Crippen molar-refractivity contribution in [3.63, 3.8) is 0 Å². The first-order valence-corrected chi connectivity index (χ1v) is 7.88.